The zero-order chi connectivity index (χ0) is 21.6. The van der Waals surface area contributed by atoms with E-state index in [0.717, 1.165) is 15.6 Å². The minimum Gasteiger partial charge on any atom is -0.496 e. The Kier molecular flexibility index (Phi) is 7.78. The lowest BCUT2D eigenvalue weighted by atomic mass is 10.1. The molecule has 0 aliphatic rings. The fourth-order valence-corrected chi connectivity index (χ4v) is 3.10. The predicted octanol–water partition coefficient (Wildman–Crippen LogP) is 3.72. The molecule has 0 aliphatic carbocycles. The number of carbonyl (C=O) groups is 2. The third-order valence-corrected chi connectivity index (χ3v) is 4.99. The lowest BCUT2D eigenvalue weighted by molar-refractivity contribution is -0.123. The van der Waals surface area contributed by atoms with E-state index < -0.39 is 5.91 Å². The maximum atomic E-state index is 12.7. The summed E-state index contributed by atoms with van der Waals surface area (Å²) in [4.78, 5) is 23.8. The third kappa shape index (κ3) is 5.80. The summed E-state index contributed by atoms with van der Waals surface area (Å²) < 4.78 is 11.4. The smallest absolute Gasteiger partial charge is 0.247 e. The second-order valence-corrected chi connectivity index (χ2v) is 7.27. The van der Waals surface area contributed by atoms with E-state index >= 15 is 0 Å². The lowest BCUT2D eigenvalue weighted by Crippen LogP contribution is -2.27. The van der Waals surface area contributed by atoms with Crippen molar-refractivity contribution >= 4 is 39.6 Å². The van der Waals surface area contributed by atoms with E-state index in [1.54, 1.807) is 26.4 Å². The summed E-state index contributed by atoms with van der Waals surface area (Å²) in [6.07, 6.45) is 1.44. The molecule has 0 saturated carbocycles. The van der Waals surface area contributed by atoms with Crippen LogP contribution in [0.25, 0.3) is 0 Å². The van der Waals surface area contributed by atoms with Crippen molar-refractivity contribution in [2.24, 2.45) is 10.8 Å². The van der Waals surface area contributed by atoms with E-state index in [9.17, 15) is 9.59 Å². The average Bonchev–Trinajstić information content (AvgIpc) is 2.69. The monoisotopic (exact) mass is 461 g/mol. The van der Waals surface area contributed by atoms with Crippen molar-refractivity contribution in [2.45, 2.75) is 26.7 Å². The van der Waals surface area contributed by atoms with E-state index in [1.807, 2.05) is 32.0 Å². The Bertz CT molecular complexity index is 944. The van der Waals surface area contributed by atoms with Crippen LogP contribution in [0.5, 0.6) is 11.5 Å². The van der Waals surface area contributed by atoms with Gasteiger partial charge in [0.05, 0.1) is 30.6 Å². The highest BCUT2D eigenvalue weighted by molar-refractivity contribution is 9.10. The first-order valence-electron chi connectivity index (χ1n) is 8.90. The fraction of sp³-hybridized carbons (Fsp3) is 0.286. The molecule has 0 spiro atoms. The Morgan fingerprint density at radius 3 is 2.34 bits per heavy atom. The zero-order valence-electron chi connectivity index (χ0n) is 16.9. The van der Waals surface area contributed by atoms with Crippen LogP contribution in [-0.4, -0.2) is 32.2 Å². The zero-order valence-corrected chi connectivity index (χ0v) is 18.4. The van der Waals surface area contributed by atoms with Gasteiger partial charge in [0.15, 0.2) is 0 Å². The van der Waals surface area contributed by atoms with Crippen LogP contribution in [0.15, 0.2) is 39.9 Å². The molecule has 8 heteroatoms. The molecule has 0 aliphatic heterocycles. The van der Waals surface area contributed by atoms with Crippen molar-refractivity contribution in [1.82, 2.24) is 0 Å². The van der Waals surface area contributed by atoms with Crippen LogP contribution in [-0.2, 0) is 9.59 Å². The van der Waals surface area contributed by atoms with Crippen molar-refractivity contribution in [2.75, 3.05) is 19.2 Å². The minimum absolute atomic E-state index is 0.0387. The summed E-state index contributed by atoms with van der Waals surface area (Å²) in [5, 5.41) is 5.65. The lowest BCUT2D eigenvalue weighted by Gasteiger charge is -2.18. The Balaban J connectivity index is 2.43. The SMILES string of the molecule is COc1cc(OC)c(C=NN(C(=O)CCC(N)=O)c2ccc(C)c(C)c2)cc1Br. The number of amides is 2. The highest BCUT2D eigenvalue weighted by Crippen LogP contribution is 2.32. The topological polar surface area (TPSA) is 94.2 Å². The van der Waals surface area contributed by atoms with Crippen LogP contribution in [0.3, 0.4) is 0 Å². The summed E-state index contributed by atoms with van der Waals surface area (Å²) in [7, 11) is 3.10. The third-order valence-electron chi connectivity index (χ3n) is 4.37. The van der Waals surface area contributed by atoms with E-state index in [0.29, 0.717) is 22.7 Å². The number of aryl methyl sites for hydroxylation is 2. The highest BCUT2D eigenvalue weighted by Gasteiger charge is 2.17. The molecule has 0 bridgehead atoms. The van der Waals surface area contributed by atoms with E-state index in [1.165, 1.54) is 11.2 Å². The number of hydrazone groups is 1. The number of carbonyl (C=O) groups excluding carboxylic acids is 2. The van der Waals surface area contributed by atoms with Gasteiger partial charge in [-0.05, 0) is 59.1 Å². The van der Waals surface area contributed by atoms with E-state index in [4.69, 9.17) is 15.2 Å². The van der Waals surface area contributed by atoms with Crippen molar-refractivity contribution in [3.63, 3.8) is 0 Å². The maximum absolute atomic E-state index is 12.7. The number of primary amides is 1. The van der Waals surface area contributed by atoms with Crippen LogP contribution in [0.1, 0.15) is 29.5 Å². The molecule has 0 heterocycles. The van der Waals surface area contributed by atoms with E-state index in [2.05, 4.69) is 21.0 Å². The molecule has 2 N–H and O–H groups in total. The Morgan fingerprint density at radius 1 is 1.07 bits per heavy atom. The average molecular weight is 462 g/mol. The quantitative estimate of drug-likeness (QED) is 0.478. The van der Waals surface area contributed by atoms with Gasteiger partial charge in [0.2, 0.25) is 11.8 Å². The number of halogens is 1. The molecule has 2 rings (SSSR count). The second kappa shape index (κ2) is 10.1. The maximum Gasteiger partial charge on any atom is 0.247 e. The first-order valence-corrected chi connectivity index (χ1v) is 9.70. The molecule has 0 fully saturated rings. The summed E-state index contributed by atoms with van der Waals surface area (Å²) in [5.41, 5.74) is 8.56. The molecule has 2 aromatic rings. The second-order valence-electron chi connectivity index (χ2n) is 6.41. The number of nitrogens with two attached hydrogens (primary N) is 1. The largest absolute Gasteiger partial charge is 0.496 e. The number of methoxy groups -OCH3 is 2. The first kappa shape index (κ1) is 22.4. The van der Waals surface area contributed by atoms with Gasteiger partial charge in [-0.3, -0.25) is 9.59 Å². The van der Waals surface area contributed by atoms with Crippen molar-refractivity contribution in [3.8, 4) is 11.5 Å². The van der Waals surface area contributed by atoms with Crippen LogP contribution >= 0.6 is 15.9 Å². The molecule has 7 nitrogen and oxygen atoms in total. The number of hydrogen-bond donors (Lipinski definition) is 1. The predicted molar refractivity (Wildman–Crippen MR) is 117 cm³/mol. The standard InChI is InChI=1S/C21H24BrN3O4/c1-13-5-6-16(9-14(13)2)25(21(27)8-7-20(23)26)24-12-15-10-17(22)19(29-4)11-18(15)28-3/h5-6,9-12H,7-8H2,1-4H3,(H2,23,26). The van der Waals surface area contributed by atoms with Crippen LogP contribution in [0, 0.1) is 13.8 Å². The molecule has 2 aromatic carbocycles. The number of hydrogen-bond acceptors (Lipinski definition) is 5. The van der Waals surface area contributed by atoms with Gasteiger partial charge in [-0.2, -0.15) is 5.10 Å². The molecule has 0 unspecified atom stereocenters. The Morgan fingerprint density at radius 2 is 1.76 bits per heavy atom. The Labute approximate surface area is 178 Å². The minimum atomic E-state index is -0.539. The molecular weight excluding hydrogens is 438 g/mol. The van der Waals surface area contributed by atoms with Crippen molar-refractivity contribution in [1.29, 1.82) is 0 Å². The van der Waals surface area contributed by atoms with Crippen LogP contribution in [0.4, 0.5) is 5.69 Å². The molecule has 0 saturated heterocycles. The van der Waals surface area contributed by atoms with Gasteiger partial charge < -0.3 is 15.2 Å². The molecule has 0 aromatic heterocycles. The van der Waals surface area contributed by atoms with Gasteiger partial charge in [-0.15, -0.1) is 0 Å². The molecule has 29 heavy (non-hydrogen) atoms. The number of anilines is 1. The number of ether oxygens (including phenoxy) is 2. The summed E-state index contributed by atoms with van der Waals surface area (Å²) in [5.74, 6) is 0.277. The highest BCUT2D eigenvalue weighted by atomic mass is 79.9. The Hall–Kier alpha value is -2.87. The van der Waals surface area contributed by atoms with Gasteiger partial charge in [0.1, 0.15) is 11.5 Å². The molecule has 154 valence electrons. The molecular formula is C21H24BrN3O4. The normalized spacial score (nSPS) is 10.8. The summed E-state index contributed by atoms with van der Waals surface area (Å²) >= 11 is 3.44. The number of nitrogens with zero attached hydrogens (tertiary/aromatic N) is 2. The molecule has 0 atom stereocenters. The summed E-state index contributed by atoms with van der Waals surface area (Å²) in [6.45, 7) is 3.94. The molecule has 0 radical (unpaired) electrons. The number of rotatable bonds is 8. The number of benzene rings is 2. The van der Waals surface area contributed by atoms with Crippen LogP contribution in [0.2, 0.25) is 0 Å². The van der Waals surface area contributed by atoms with Crippen molar-refractivity contribution in [3.05, 3.63) is 51.5 Å². The van der Waals surface area contributed by atoms with Gasteiger partial charge in [-0.25, -0.2) is 5.01 Å². The van der Waals surface area contributed by atoms with Gasteiger partial charge >= 0.3 is 0 Å². The summed E-state index contributed by atoms with van der Waals surface area (Å²) in [6, 6.07) is 9.10. The fourth-order valence-electron chi connectivity index (χ4n) is 2.57. The molecule has 2 amide bonds. The van der Waals surface area contributed by atoms with Crippen molar-refractivity contribution < 1.29 is 19.1 Å². The van der Waals surface area contributed by atoms with E-state index in [-0.39, 0.29) is 18.7 Å². The first-order chi connectivity index (χ1) is 13.8. The van der Waals surface area contributed by atoms with Gasteiger partial charge in [0.25, 0.3) is 0 Å². The van der Waals surface area contributed by atoms with Gasteiger partial charge in [0, 0.05) is 24.5 Å². The van der Waals surface area contributed by atoms with Crippen LogP contribution < -0.4 is 20.2 Å². The van der Waals surface area contributed by atoms with Gasteiger partial charge in [-0.1, -0.05) is 6.07 Å².